The number of hydrogen-bond acceptors (Lipinski definition) is 3. The van der Waals surface area contributed by atoms with Crippen LogP contribution in [0, 0.1) is 11.8 Å². The number of fused-ring (bicyclic) bond motifs is 1. The summed E-state index contributed by atoms with van der Waals surface area (Å²) < 4.78 is 0. The lowest BCUT2D eigenvalue weighted by Gasteiger charge is -2.28. The first kappa shape index (κ1) is 17.7. The second kappa shape index (κ2) is 6.64. The van der Waals surface area contributed by atoms with Crippen LogP contribution >= 0.6 is 0 Å². The molecule has 4 fully saturated rings. The Kier molecular flexibility index (Phi) is 4.89. The maximum atomic E-state index is 12.9. The van der Waals surface area contributed by atoms with Gasteiger partial charge in [0.15, 0.2) is 6.04 Å². The number of nitrogens with two attached hydrogens (primary N) is 1. The van der Waals surface area contributed by atoms with E-state index in [1.165, 1.54) is 0 Å². The molecule has 3 heterocycles. The van der Waals surface area contributed by atoms with E-state index in [1.807, 2.05) is 11.8 Å². The average Bonchev–Trinajstić information content (AvgIpc) is 2.98. The molecular weight excluding hydrogens is 330 g/mol. The lowest BCUT2D eigenvalue weighted by atomic mass is 9.96. The zero-order valence-corrected chi connectivity index (χ0v) is 14.9. The molecule has 0 aromatic rings. The molecule has 1 aliphatic carbocycles. The molecule has 3 saturated heterocycles. The summed E-state index contributed by atoms with van der Waals surface area (Å²) in [4.78, 5) is 41.7. The van der Waals surface area contributed by atoms with E-state index in [2.05, 4.69) is 5.32 Å². The molecule has 134 valence electrons. The van der Waals surface area contributed by atoms with Crippen LogP contribution in [0.1, 0.15) is 45.4 Å². The Hall–Kier alpha value is -1.14. The highest BCUT2D eigenvalue weighted by Crippen LogP contribution is 2.42. The number of quaternary nitrogens is 1. The van der Waals surface area contributed by atoms with Crippen LogP contribution < -0.4 is 17.7 Å². The molecule has 0 aromatic carbocycles. The Labute approximate surface area is 148 Å². The van der Waals surface area contributed by atoms with Crippen LogP contribution in [0.15, 0.2) is 0 Å². The predicted molar refractivity (Wildman–Crippen MR) is 82.1 cm³/mol. The monoisotopic (exact) mass is 355 g/mol. The van der Waals surface area contributed by atoms with Crippen LogP contribution in [0.5, 0.6) is 0 Å². The second-order valence-electron chi connectivity index (χ2n) is 7.49. The summed E-state index contributed by atoms with van der Waals surface area (Å²) in [5.41, 5.74) is 0. The maximum absolute atomic E-state index is 12.9. The minimum absolute atomic E-state index is 0. The molecular formula is C17H26ClN3O3. The number of hydrogen-bond donors (Lipinski definition) is 1. The van der Waals surface area contributed by atoms with Crippen molar-refractivity contribution in [1.82, 2.24) is 9.80 Å². The first-order chi connectivity index (χ1) is 11.1. The summed E-state index contributed by atoms with van der Waals surface area (Å²) in [5.74, 6) is 0.0237. The fourth-order valence-corrected chi connectivity index (χ4v) is 4.74. The van der Waals surface area contributed by atoms with Gasteiger partial charge in [-0.25, -0.2) is 0 Å². The van der Waals surface area contributed by atoms with Crippen LogP contribution in [0.4, 0.5) is 0 Å². The van der Waals surface area contributed by atoms with E-state index in [0.717, 1.165) is 38.6 Å². The van der Waals surface area contributed by atoms with Gasteiger partial charge in [0.25, 0.3) is 5.91 Å². The molecule has 4 rings (SSSR count). The molecule has 3 amide bonds. The molecule has 0 radical (unpaired) electrons. The molecule has 3 aliphatic heterocycles. The van der Waals surface area contributed by atoms with Crippen molar-refractivity contribution in [2.45, 2.75) is 63.6 Å². The average molecular weight is 356 g/mol. The van der Waals surface area contributed by atoms with Gasteiger partial charge in [0, 0.05) is 25.3 Å². The van der Waals surface area contributed by atoms with Gasteiger partial charge in [-0.15, -0.1) is 0 Å². The van der Waals surface area contributed by atoms with Crippen molar-refractivity contribution in [2.24, 2.45) is 11.8 Å². The number of imide groups is 1. The molecule has 0 aromatic heterocycles. The second-order valence-corrected chi connectivity index (χ2v) is 7.49. The third-order valence-electron chi connectivity index (χ3n) is 6.09. The smallest absolute Gasteiger partial charge is 0.281 e. The summed E-state index contributed by atoms with van der Waals surface area (Å²) >= 11 is 0. The van der Waals surface area contributed by atoms with E-state index in [1.54, 1.807) is 4.90 Å². The SMILES string of the molecule is CC[C@@H]1C(=O)N(C(=O)C2CC2)[C@H]2CCN(C(=O)[C@@H]3CCC[NH2+]3)[C@H]12.[Cl-]. The number of likely N-dealkylation sites (tertiary alicyclic amines) is 2. The Morgan fingerprint density at radius 2 is 1.92 bits per heavy atom. The molecule has 0 bridgehead atoms. The van der Waals surface area contributed by atoms with Gasteiger partial charge < -0.3 is 22.6 Å². The minimum Gasteiger partial charge on any atom is -1.00 e. The fourth-order valence-electron chi connectivity index (χ4n) is 4.74. The van der Waals surface area contributed by atoms with E-state index in [9.17, 15) is 14.4 Å². The summed E-state index contributed by atoms with van der Waals surface area (Å²) in [6, 6.07) is -0.142. The van der Waals surface area contributed by atoms with Gasteiger partial charge in [-0.05, 0) is 25.7 Å². The zero-order valence-electron chi connectivity index (χ0n) is 14.1. The van der Waals surface area contributed by atoms with Crippen molar-refractivity contribution in [1.29, 1.82) is 0 Å². The Morgan fingerprint density at radius 1 is 1.17 bits per heavy atom. The summed E-state index contributed by atoms with van der Waals surface area (Å²) in [6.07, 6.45) is 5.30. The van der Waals surface area contributed by atoms with Gasteiger partial charge >= 0.3 is 0 Å². The van der Waals surface area contributed by atoms with Gasteiger partial charge in [-0.3, -0.25) is 19.3 Å². The molecule has 2 N–H and O–H groups in total. The van der Waals surface area contributed by atoms with Crippen LogP contribution in [0.2, 0.25) is 0 Å². The van der Waals surface area contributed by atoms with Crippen molar-refractivity contribution in [3.63, 3.8) is 0 Å². The molecule has 4 aliphatic rings. The molecule has 4 atom stereocenters. The van der Waals surface area contributed by atoms with Crippen molar-refractivity contribution in [2.75, 3.05) is 13.1 Å². The number of rotatable bonds is 3. The zero-order chi connectivity index (χ0) is 16.1. The number of carbonyl (C=O) groups excluding carboxylic acids is 3. The van der Waals surface area contributed by atoms with Crippen molar-refractivity contribution >= 4 is 17.7 Å². The van der Waals surface area contributed by atoms with Crippen LogP contribution in [0.3, 0.4) is 0 Å². The van der Waals surface area contributed by atoms with E-state index in [4.69, 9.17) is 0 Å². The van der Waals surface area contributed by atoms with Crippen LogP contribution in [0.25, 0.3) is 0 Å². The van der Waals surface area contributed by atoms with Gasteiger partial charge in [0.1, 0.15) is 0 Å². The highest BCUT2D eigenvalue weighted by atomic mass is 35.5. The maximum Gasteiger partial charge on any atom is 0.281 e. The summed E-state index contributed by atoms with van der Waals surface area (Å²) in [6.45, 7) is 3.70. The molecule has 0 unspecified atom stereocenters. The molecule has 1 saturated carbocycles. The van der Waals surface area contributed by atoms with Crippen LogP contribution in [-0.4, -0.2) is 58.7 Å². The third-order valence-corrected chi connectivity index (χ3v) is 6.09. The summed E-state index contributed by atoms with van der Waals surface area (Å²) in [5, 5.41) is 2.13. The van der Waals surface area contributed by atoms with Crippen molar-refractivity contribution in [3.05, 3.63) is 0 Å². The normalized spacial score (nSPS) is 35.1. The topological polar surface area (TPSA) is 74.3 Å². The first-order valence-electron chi connectivity index (χ1n) is 9.14. The third kappa shape index (κ3) is 2.64. The van der Waals surface area contributed by atoms with E-state index < -0.39 is 0 Å². The van der Waals surface area contributed by atoms with E-state index in [0.29, 0.717) is 13.0 Å². The van der Waals surface area contributed by atoms with Gasteiger partial charge in [0.05, 0.1) is 24.5 Å². The molecule has 24 heavy (non-hydrogen) atoms. The van der Waals surface area contributed by atoms with Gasteiger partial charge in [-0.1, -0.05) is 6.92 Å². The van der Waals surface area contributed by atoms with Gasteiger partial charge in [0.2, 0.25) is 11.8 Å². The minimum atomic E-state index is -0.199. The molecule has 7 heteroatoms. The lowest BCUT2D eigenvalue weighted by Crippen LogP contribution is -3.00. The Bertz CT molecular complexity index is 545. The standard InChI is InChI=1S/C17H25N3O3.ClH/c1-2-11-14-13(20(16(11)22)15(21)10-5-6-10)7-9-19(14)17(23)12-4-3-8-18-12;/h10-14,18H,2-9H2,1H3;1H/t11-,12-,13-,14+;/m0./s1. The number of halogens is 1. The number of carbonyl (C=O) groups is 3. The van der Waals surface area contributed by atoms with Gasteiger partial charge in [-0.2, -0.15) is 0 Å². The Morgan fingerprint density at radius 3 is 2.50 bits per heavy atom. The fraction of sp³-hybridized carbons (Fsp3) is 0.824. The number of amides is 3. The van der Waals surface area contributed by atoms with E-state index >= 15 is 0 Å². The number of nitrogens with zero attached hydrogens (tertiary/aromatic N) is 2. The lowest BCUT2D eigenvalue weighted by molar-refractivity contribution is -0.658. The summed E-state index contributed by atoms with van der Waals surface area (Å²) in [7, 11) is 0. The largest absolute Gasteiger partial charge is 1.00 e. The van der Waals surface area contributed by atoms with Crippen LogP contribution in [-0.2, 0) is 14.4 Å². The first-order valence-corrected chi connectivity index (χ1v) is 9.14. The highest BCUT2D eigenvalue weighted by molar-refractivity contribution is 6.01. The highest BCUT2D eigenvalue weighted by Gasteiger charge is 2.58. The molecule has 0 spiro atoms. The van der Waals surface area contributed by atoms with Crippen molar-refractivity contribution < 1.29 is 32.1 Å². The van der Waals surface area contributed by atoms with E-state index in [-0.39, 0.29) is 60.1 Å². The predicted octanol–water partition coefficient (Wildman–Crippen LogP) is -3.51. The quantitative estimate of drug-likeness (QED) is 0.534. The van der Waals surface area contributed by atoms with Crippen molar-refractivity contribution in [3.8, 4) is 0 Å². The Balaban J connectivity index is 0.00000169. The molecule has 6 nitrogen and oxygen atoms in total.